The number of carbonyl (C=O) groups excluding carboxylic acids is 1. The van der Waals surface area contributed by atoms with E-state index in [1.807, 2.05) is 0 Å². The molecule has 0 fully saturated rings. The van der Waals surface area contributed by atoms with Crippen molar-refractivity contribution in [3.63, 3.8) is 0 Å². The van der Waals surface area contributed by atoms with Crippen LogP contribution < -0.4 is 20.9 Å². The molecular weight excluding hydrogens is 515 g/mol. The summed E-state index contributed by atoms with van der Waals surface area (Å²) in [5, 5.41) is 16.9. The van der Waals surface area contributed by atoms with Gasteiger partial charge in [-0.15, -0.1) is 12.4 Å². The van der Waals surface area contributed by atoms with E-state index in [0.717, 1.165) is 28.6 Å². The molecule has 0 aliphatic heterocycles. The van der Waals surface area contributed by atoms with Crippen LogP contribution in [-0.2, 0) is 17.3 Å². The zero-order chi connectivity index (χ0) is 24.2. The summed E-state index contributed by atoms with van der Waals surface area (Å²) in [4.78, 5) is 28.9. The van der Waals surface area contributed by atoms with Crippen molar-refractivity contribution < 1.29 is 18.3 Å². The molecule has 34 heavy (non-hydrogen) atoms. The second-order valence-electron chi connectivity index (χ2n) is 7.13. The maximum atomic E-state index is 14.4. The average Bonchev–Trinajstić information content (AvgIpc) is 2.76. The first-order chi connectivity index (χ1) is 15.6. The Bertz CT molecular complexity index is 1230. The quantitative estimate of drug-likeness (QED) is 0.339. The number of pyridine rings is 1. The number of carbonyl (C=O) groups is 1. The van der Waals surface area contributed by atoms with Gasteiger partial charge in [0.15, 0.2) is 12.0 Å². The smallest absolute Gasteiger partial charge is 0.347 e. The van der Waals surface area contributed by atoms with Gasteiger partial charge >= 0.3 is 5.92 Å². The van der Waals surface area contributed by atoms with Gasteiger partial charge in [-0.25, -0.2) is 4.98 Å². The molecule has 182 valence electrons. The highest BCUT2D eigenvalue weighted by atomic mass is 35.5. The van der Waals surface area contributed by atoms with Gasteiger partial charge in [0.1, 0.15) is 11.7 Å². The lowest BCUT2D eigenvalue weighted by atomic mass is 10.1. The van der Waals surface area contributed by atoms with Crippen LogP contribution in [0.2, 0.25) is 10.2 Å². The van der Waals surface area contributed by atoms with E-state index in [0.29, 0.717) is 5.02 Å². The predicted octanol–water partition coefficient (Wildman–Crippen LogP) is 3.69. The minimum atomic E-state index is -3.59. The standard InChI is InChI=1S/C21H19Cl2F2N5O3.ClH/c1-13(14-5-4-6-15(22)9-14)28-18(31)11-29-17(23)10-26-19(20(29)32)27-12-21(24,25)16-7-2-3-8-30(16)33;/h2-10,13H,11-12H2,1H3,(H,26,27)(H,28,31);1H/t13-;/m1./s1. The number of anilines is 1. The van der Waals surface area contributed by atoms with Crippen molar-refractivity contribution in [2.75, 3.05) is 11.9 Å². The molecule has 1 amide bonds. The summed E-state index contributed by atoms with van der Waals surface area (Å²) in [7, 11) is 0. The predicted molar refractivity (Wildman–Crippen MR) is 127 cm³/mol. The Labute approximate surface area is 209 Å². The van der Waals surface area contributed by atoms with Gasteiger partial charge in [0.2, 0.25) is 5.91 Å². The molecule has 3 rings (SSSR count). The Balaban J connectivity index is 0.00000408. The zero-order valence-corrected chi connectivity index (χ0v) is 20.0. The number of nitrogens with one attached hydrogen (secondary N) is 2. The van der Waals surface area contributed by atoms with Crippen molar-refractivity contribution in [3.05, 3.63) is 91.9 Å². The largest absolute Gasteiger partial charge is 0.618 e. The molecule has 13 heteroatoms. The minimum absolute atomic E-state index is 0. The average molecular weight is 535 g/mol. The lowest BCUT2D eigenvalue weighted by Crippen LogP contribution is -2.41. The van der Waals surface area contributed by atoms with Crippen LogP contribution in [0.25, 0.3) is 0 Å². The molecule has 3 aromatic rings. The molecule has 0 saturated heterocycles. The fourth-order valence-electron chi connectivity index (χ4n) is 3.02. The third-order valence-corrected chi connectivity index (χ3v) is 5.25. The van der Waals surface area contributed by atoms with E-state index in [1.54, 1.807) is 31.2 Å². The molecule has 0 saturated carbocycles. The first-order valence-corrected chi connectivity index (χ1v) is 10.4. The summed E-state index contributed by atoms with van der Waals surface area (Å²) in [6, 6.07) is 10.1. The highest BCUT2D eigenvalue weighted by Gasteiger charge is 2.39. The number of nitrogens with zero attached hydrogens (tertiary/aromatic N) is 3. The van der Waals surface area contributed by atoms with Gasteiger partial charge in [-0.1, -0.05) is 35.3 Å². The highest BCUT2D eigenvalue weighted by molar-refractivity contribution is 6.30. The van der Waals surface area contributed by atoms with Gasteiger partial charge in [0.05, 0.1) is 18.8 Å². The van der Waals surface area contributed by atoms with Crippen molar-refractivity contribution in [1.29, 1.82) is 0 Å². The van der Waals surface area contributed by atoms with Crippen LogP contribution in [0.3, 0.4) is 0 Å². The molecule has 0 radical (unpaired) electrons. The Morgan fingerprint density at radius 1 is 1.26 bits per heavy atom. The van der Waals surface area contributed by atoms with Crippen LogP contribution in [0.1, 0.15) is 24.2 Å². The van der Waals surface area contributed by atoms with Gasteiger partial charge in [-0.05, 0) is 30.7 Å². The SMILES string of the molecule is C[C@@H](NC(=O)Cn1c(Cl)cnc(NCC(F)(F)c2cccc[n+]2[O-])c1=O)c1cccc(Cl)c1.Cl. The minimum Gasteiger partial charge on any atom is -0.618 e. The van der Waals surface area contributed by atoms with Crippen molar-refractivity contribution in [1.82, 2.24) is 14.9 Å². The van der Waals surface area contributed by atoms with Crippen LogP contribution in [-0.4, -0.2) is 22.0 Å². The number of rotatable bonds is 8. The summed E-state index contributed by atoms with van der Waals surface area (Å²) >= 11 is 12.0. The van der Waals surface area contributed by atoms with Crippen molar-refractivity contribution in [2.24, 2.45) is 0 Å². The molecule has 1 aromatic carbocycles. The molecule has 2 aromatic heterocycles. The van der Waals surface area contributed by atoms with E-state index in [9.17, 15) is 23.6 Å². The normalized spacial score (nSPS) is 11.9. The molecule has 1 atom stereocenters. The number of alkyl halides is 2. The van der Waals surface area contributed by atoms with Crippen LogP contribution >= 0.6 is 35.6 Å². The second kappa shape index (κ2) is 11.5. The molecule has 0 aliphatic carbocycles. The van der Waals surface area contributed by atoms with Crippen molar-refractivity contribution in [3.8, 4) is 0 Å². The number of aromatic nitrogens is 3. The van der Waals surface area contributed by atoms with E-state index in [-0.39, 0.29) is 22.3 Å². The molecule has 0 aliphatic rings. The number of halogens is 5. The Hall–Kier alpha value is -2.95. The van der Waals surface area contributed by atoms with Crippen LogP contribution in [0.15, 0.2) is 59.7 Å². The Kier molecular flexibility index (Phi) is 9.20. The number of amides is 1. The summed E-state index contributed by atoms with van der Waals surface area (Å²) in [5.41, 5.74) is -0.904. The number of hydrogen-bond acceptors (Lipinski definition) is 5. The van der Waals surface area contributed by atoms with Crippen molar-refractivity contribution in [2.45, 2.75) is 25.4 Å². The molecular formula is C21H20Cl3F2N5O3. The summed E-state index contributed by atoms with van der Waals surface area (Å²) < 4.78 is 29.8. The third kappa shape index (κ3) is 6.55. The van der Waals surface area contributed by atoms with Crippen LogP contribution in [0.5, 0.6) is 0 Å². The highest BCUT2D eigenvalue weighted by Crippen LogP contribution is 2.25. The molecule has 8 nitrogen and oxygen atoms in total. The van der Waals surface area contributed by atoms with Crippen LogP contribution in [0.4, 0.5) is 14.6 Å². The maximum Gasteiger partial charge on any atom is 0.347 e. The van der Waals surface area contributed by atoms with Gasteiger partial charge in [0, 0.05) is 17.2 Å². The molecule has 0 spiro atoms. The molecule has 0 bridgehead atoms. The summed E-state index contributed by atoms with van der Waals surface area (Å²) in [6.45, 7) is 0.206. The third-order valence-electron chi connectivity index (χ3n) is 4.71. The first-order valence-electron chi connectivity index (χ1n) is 9.69. The van der Waals surface area contributed by atoms with E-state index in [1.165, 1.54) is 12.1 Å². The van der Waals surface area contributed by atoms with Crippen molar-refractivity contribution >= 4 is 47.3 Å². The summed E-state index contributed by atoms with van der Waals surface area (Å²) in [6.07, 6.45) is 2.01. The van der Waals surface area contributed by atoms with Gasteiger partial charge in [-0.2, -0.15) is 13.5 Å². The van der Waals surface area contributed by atoms with E-state index < -0.39 is 48.0 Å². The lowest BCUT2D eigenvalue weighted by Gasteiger charge is -2.18. The molecule has 2 N–H and O–H groups in total. The van der Waals surface area contributed by atoms with E-state index in [4.69, 9.17) is 23.2 Å². The van der Waals surface area contributed by atoms with Gasteiger partial charge < -0.3 is 15.8 Å². The van der Waals surface area contributed by atoms with Gasteiger partial charge in [-0.3, -0.25) is 14.2 Å². The van der Waals surface area contributed by atoms with E-state index in [2.05, 4.69) is 15.6 Å². The Morgan fingerprint density at radius 3 is 2.68 bits per heavy atom. The van der Waals surface area contributed by atoms with E-state index >= 15 is 0 Å². The maximum absolute atomic E-state index is 14.4. The second-order valence-corrected chi connectivity index (χ2v) is 7.96. The first kappa shape index (κ1) is 27.3. The topological polar surface area (TPSA) is 103 Å². The van der Waals surface area contributed by atoms with Gasteiger partial charge in [0.25, 0.3) is 11.3 Å². The fourth-order valence-corrected chi connectivity index (χ4v) is 3.41. The zero-order valence-electron chi connectivity index (χ0n) is 17.7. The molecule has 0 unspecified atom stereocenters. The monoisotopic (exact) mass is 533 g/mol. The fraction of sp³-hybridized carbons (Fsp3) is 0.238. The lowest BCUT2D eigenvalue weighted by molar-refractivity contribution is -0.624. The van der Waals surface area contributed by atoms with Crippen LogP contribution in [0, 0.1) is 5.21 Å². The number of hydrogen-bond donors (Lipinski definition) is 2. The molecule has 2 heterocycles. The Morgan fingerprint density at radius 2 is 2.00 bits per heavy atom. The summed E-state index contributed by atoms with van der Waals surface area (Å²) in [5.74, 6) is -4.57. The number of benzene rings is 1.